The summed E-state index contributed by atoms with van der Waals surface area (Å²) >= 11 is 3.54. The Labute approximate surface area is 102 Å². The smallest absolute Gasteiger partial charge is 0.194 e. The fourth-order valence-corrected chi connectivity index (χ4v) is 3.03. The largest absolute Gasteiger partial charge is 0.289 e. The highest BCUT2D eigenvalue weighted by atomic mass is 79.9. The normalized spacial score (nSPS) is 12.5. The van der Waals surface area contributed by atoms with E-state index in [-0.39, 0.29) is 5.78 Å². The molecule has 2 aromatic carbocycles. The van der Waals surface area contributed by atoms with E-state index < -0.39 is 0 Å². The van der Waals surface area contributed by atoms with Crippen LogP contribution in [0.25, 0.3) is 11.1 Å². The molecule has 0 amide bonds. The van der Waals surface area contributed by atoms with Crippen LogP contribution in [0.15, 0.2) is 40.9 Å². The molecule has 0 aliphatic heterocycles. The molecule has 0 radical (unpaired) electrons. The molecule has 0 saturated heterocycles. The summed E-state index contributed by atoms with van der Waals surface area (Å²) in [6.07, 6.45) is 0. The third-order valence-electron chi connectivity index (χ3n) is 2.92. The first-order valence-corrected chi connectivity index (χ1v) is 5.92. The van der Waals surface area contributed by atoms with Crippen molar-refractivity contribution in [1.29, 1.82) is 0 Å². The third-order valence-corrected chi connectivity index (χ3v) is 3.55. The van der Waals surface area contributed by atoms with Crippen LogP contribution >= 0.6 is 15.9 Å². The highest BCUT2D eigenvalue weighted by Gasteiger charge is 2.27. The van der Waals surface area contributed by atoms with Gasteiger partial charge in [-0.05, 0) is 30.2 Å². The zero-order valence-electron chi connectivity index (χ0n) is 8.75. The first kappa shape index (κ1) is 9.79. The lowest BCUT2D eigenvalue weighted by atomic mass is 10.0. The van der Waals surface area contributed by atoms with E-state index >= 15 is 0 Å². The molecule has 78 valence electrons. The van der Waals surface area contributed by atoms with E-state index in [1.54, 1.807) is 0 Å². The lowest BCUT2D eigenvalue weighted by Crippen LogP contribution is -1.95. The van der Waals surface area contributed by atoms with Gasteiger partial charge in [-0.15, -0.1) is 0 Å². The van der Waals surface area contributed by atoms with Gasteiger partial charge in [0.1, 0.15) is 0 Å². The van der Waals surface area contributed by atoms with Crippen LogP contribution in [0.1, 0.15) is 21.5 Å². The van der Waals surface area contributed by atoms with E-state index in [0.29, 0.717) is 0 Å². The van der Waals surface area contributed by atoms with E-state index in [9.17, 15) is 4.79 Å². The van der Waals surface area contributed by atoms with E-state index in [2.05, 4.69) is 15.9 Å². The Hall–Kier alpha value is -1.41. The second-order valence-electron chi connectivity index (χ2n) is 4.04. The van der Waals surface area contributed by atoms with Crippen molar-refractivity contribution in [1.82, 2.24) is 0 Å². The van der Waals surface area contributed by atoms with Crippen LogP contribution in [-0.4, -0.2) is 5.78 Å². The summed E-state index contributed by atoms with van der Waals surface area (Å²) in [7, 11) is 0. The number of rotatable bonds is 0. The predicted octanol–water partition coefficient (Wildman–Crippen LogP) is 3.97. The number of benzene rings is 2. The Balaban J connectivity index is 2.43. The Morgan fingerprint density at radius 2 is 1.69 bits per heavy atom. The summed E-state index contributed by atoms with van der Waals surface area (Å²) in [6.45, 7) is 2.00. The monoisotopic (exact) mass is 272 g/mol. The number of carbonyl (C=O) groups excluding carboxylic acids is 1. The molecular formula is C14H9BrO. The fourth-order valence-electron chi connectivity index (χ4n) is 2.24. The van der Waals surface area contributed by atoms with Crippen molar-refractivity contribution in [2.24, 2.45) is 0 Å². The highest BCUT2D eigenvalue weighted by Crippen LogP contribution is 2.41. The highest BCUT2D eigenvalue weighted by molar-refractivity contribution is 9.10. The van der Waals surface area contributed by atoms with Crippen molar-refractivity contribution in [3.05, 3.63) is 57.6 Å². The minimum absolute atomic E-state index is 0.134. The standard InChI is InChI=1S/C14H9BrO/c1-8-6-11-13(12(15)7-8)9-4-2-3-5-10(9)14(11)16/h2-7H,1H3. The summed E-state index contributed by atoms with van der Waals surface area (Å²) in [4.78, 5) is 12.2. The van der Waals surface area contributed by atoms with Gasteiger partial charge in [-0.2, -0.15) is 0 Å². The fraction of sp³-hybridized carbons (Fsp3) is 0.0714. The Kier molecular flexibility index (Phi) is 2.01. The van der Waals surface area contributed by atoms with Crippen LogP contribution in [0.5, 0.6) is 0 Å². The summed E-state index contributed by atoms with van der Waals surface area (Å²) < 4.78 is 1.00. The number of hydrogen-bond acceptors (Lipinski definition) is 1. The van der Waals surface area contributed by atoms with Crippen LogP contribution in [-0.2, 0) is 0 Å². The molecule has 0 spiro atoms. The maximum atomic E-state index is 12.2. The second kappa shape index (κ2) is 3.29. The Bertz CT molecular complexity index is 614. The molecule has 3 rings (SSSR count). The van der Waals surface area contributed by atoms with E-state index in [1.807, 2.05) is 43.3 Å². The van der Waals surface area contributed by atoms with Crippen molar-refractivity contribution >= 4 is 21.7 Å². The molecule has 1 nitrogen and oxygen atoms in total. The van der Waals surface area contributed by atoms with Gasteiger partial charge in [0.15, 0.2) is 5.78 Å². The van der Waals surface area contributed by atoms with E-state index in [0.717, 1.165) is 32.3 Å². The predicted molar refractivity (Wildman–Crippen MR) is 67.7 cm³/mol. The second-order valence-corrected chi connectivity index (χ2v) is 4.90. The lowest BCUT2D eigenvalue weighted by Gasteiger charge is -2.04. The molecule has 2 heteroatoms. The molecule has 0 fully saturated rings. The van der Waals surface area contributed by atoms with Crippen molar-refractivity contribution in [3.8, 4) is 11.1 Å². The van der Waals surface area contributed by atoms with Crippen LogP contribution in [0.4, 0.5) is 0 Å². The van der Waals surface area contributed by atoms with Crippen LogP contribution in [0, 0.1) is 6.92 Å². The summed E-state index contributed by atoms with van der Waals surface area (Å²) in [5, 5.41) is 0. The number of fused-ring (bicyclic) bond motifs is 3. The average Bonchev–Trinajstić information content (AvgIpc) is 2.54. The molecule has 1 aliphatic rings. The average molecular weight is 273 g/mol. The minimum atomic E-state index is 0.134. The topological polar surface area (TPSA) is 17.1 Å². The number of aryl methyl sites for hydroxylation is 1. The van der Waals surface area contributed by atoms with Crippen molar-refractivity contribution in [2.75, 3.05) is 0 Å². The van der Waals surface area contributed by atoms with E-state index in [4.69, 9.17) is 0 Å². The van der Waals surface area contributed by atoms with Crippen LogP contribution in [0.3, 0.4) is 0 Å². The van der Waals surface area contributed by atoms with E-state index in [1.165, 1.54) is 0 Å². The van der Waals surface area contributed by atoms with Gasteiger partial charge in [0, 0.05) is 21.2 Å². The van der Waals surface area contributed by atoms with Crippen LogP contribution in [0.2, 0.25) is 0 Å². The molecule has 0 unspecified atom stereocenters. The molecule has 0 heterocycles. The molecule has 2 aromatic rings. The van der Waals surface area contributed by atoms with Gasteiger partial charge in [0.05, 0.1) is 0 Å². The van der Waals surface area contributed by atoms with Crippen molar-refractivity contribution < 1.29 is 4.79 Å². The number of hydrogen-bond donors (Lipinski definition) is 0. The molecule has 0 atom stereocenters. The molecule has 0 aromatic heterocycles. The van der Waals surface area contributed by atoms with Gasteiger partial charge in [0.25, 0.3) is 0 Å². The number of carbonyl (C=O) groups is 1. The summed E-state index contributed by atoms with van der Waals surface area (Å²) in [6, 6.07) is 11.8. The Morgan fingerprint density at radius 1 is 1.00 bits per heavy atom. The lowest BCUT2D eigenvalue weighted by molar-refractivity contribution is 0.104. The molecule has 0 N–H and O–H groups in total. The van der Waals surface area contributed by atoms with Gasteiger partial charge in [0.2, 0.25) is 0 Å². The first-order chi connectivity index (χ1) is 7.68. The van der Waals surface area contributed by atoms with Gasteiger partial charge < -0.3 is 0 Å². The van der Waals surface area contributed by atoms with Gasteiger partial charge >= 0.3 is 0 Å². The SMILES string of the molecule is Cc1cc(Br)c2c(c1)C(=O)c1ccccc1-2. The maximum absolute atomic E-state index is 12.2. The van der Waals surface area contributed by atoms with Crippen molar-refractivity contribution in [2.45, 2.75) is 6.92 Å². The number of ketones is 1. The molecule has 1 aliphatic carbocycles. The first-order valence-electron chi connectivity index (χ1n) is 5.13. The Morgan fingerprint density at radius 3 is 2.44 bits per heavy atom. The van der Waals surface area contributed by atoms with Crippen molar-refractivity contribution in [3.63, 3.8) is 0 Å². The zero-order valence-corrected chi connectivity index (χ0v) is 10.3. The maximum Gasteiger partial charge on any atom is 0.194 e. The summed E-state index contributed by atoms with van der Waals surface area (Å²) in [5.41, 5.74) is 4.80. The van der Waals surface area contributed by atoms with Gasteiger partial charge in [-0.1, -0.05) is 40.2 Å². The minimum Gasteiger partial charge on any atom is -0.289 e. The number of halogens is 1. The van der Waals surface area contributed by atoms with Crippen LogP contribution < -0.4 is 0 Å². The third kappa shape index (κ3) is 1.20. The molecule has 0 bridgehead atoms. The zero-order chi connectivity index (χ0) is 11.3. The van der Waals surface area contributed by atoms with Gasteiger partial charge in [-0.25, -0.2) is 0 Å². The summed E-state index contributed by atoms with van der Waals surface area (Å²) in [5.74, 6) is 0.134. The molecule has 0 saturated carbocycles. The quantitative estimate of drug-likeness (QED) is 0.605. The molecular weight excluding hydrogens is 264 g/mol. The molecule has 16 heavy (non-hydrogen) atoms. The van der Waals surface area contributed by atoms with Gasteiger partial charge in [-0.3, -0.25) is 4.79 Å².